The monoisotopic (exact) mass is 875 g/mol. The van der Waals surface area contributed by atoms with Crippen LogP contribution in [0.1, 0.15) is 22.3 Å². The van der Waals surface area contributed by atoms with Crippen molar-refractivity contribution in [3.8, 4) is 44.5 Å². The van der Waals surface area contributed by atoms with Crippen LogP contribution in [-0.2, 0) is 5.41 Å². The van der Waals surface area contributed by atoms with Gasteiger partial charge in [0.05, 0.1) is 5.41 Å². The molecular formula is C67H41NO. The van der Waals surface area contributed by atoms with Gasteiger partial charge in [0.15, 0.2) is 0 Å². The smallest absolute Gasteiger partial charge is 0.143 e. The average molecular weight is 876 g/mol. The summed E-state index contributed by atoms with van der Waals surface area (Å²) < 4.78 is 6.41. The minimum atomic E-state index is -0.402. The molecule has 0 unspecified atom stereocenters. The molecule has 0 bridgehead atoms. The summed E-state index contributed by atoms with van der Waals surface area (Å²) in [5.41, 5.74) is 19.9. The zero-order valence-electron chi connectivity index (χ0n) is 37.5. The van der Waals surface area contributed by atoms with Gasteiger partial charge in [-0.25, -0.2) is 0 Å². The van der Waals surface area contributed by atoms with Gasteiger partial charge in [0.1, 0.15) is 11.2 Å². The molecule has 0 amide bonds. The molecule has 2 heteroatoms. The molecule has 2 aliphatic rings. The van der Waals surface area contributed by atoms with Gasteiger partial charge in [-0.1, -0.05) is 206 Å². The first-order valence-electron chi connectivity index (χ1n) is 23.9. The number of hydrogen-bond donors (Lipinski definition) is 0. The summed E-state index contributed by atoms with van der Waals surface area (Å²) in [6, 6.07) is 91.8. The Hall–Kier alpha value is -8.98. The third-order valence-electron chi connectivity index (χ3n) is 15.3. The van der Waals surface area contributed by atoms with E-state index in [0.717, 1.165) is 61.3 Å². The van der Waals surface area contributed by atoms with Crippen LogP contribution in [0.2, 0.25) is 0 Å². The van der Waals surface area contributed by atoms with Crippen LogP contribution >= 0.6 is 0 Å². The zero-order chi connectivity index (χ0) is 45.2. The van der Waals surface area contributed by atoms with E-state index in [0.29, 0.717) is 0 Å². The number of rotatable bonds is 5. The average Bonchev–Trinajstić information content (AvgIpc) is 4.06. The van der Waals surface area contributed by atoms with E-state index >= 15 is 0 Å². The van der Waals surface area contributed by atoms with Crippen LogP contribution in [0.3, 0.4) is 0 Å². The SMILES string of the molecule is c1ccc2c(c1)-c1ccccc1C21c2ccccc2-c2cc(N(c3ccc(-c4ccc(-c5cccc6c5oc5ccccc56)cc4)cc3)c3ccc4c5ccccc5c5ccccc5c4c3)ccc21. The van der Waals surface area contributed by atoms with Gasteiger partial charge < -0.3 is 9.32 Å². The number of para-hydroxylation sites is 2. The number of nitrogens with zero attached hydrogens (tertiary/aromatic N) is 1. The Labute approximate surface area is 399 Å². The summed E-state index contributed by atoms with van der Waals surface area (Å²) >= 11 is 0. The Bertz CT molecular complexity index is 4170. The molecule has 0 radical (unpaired) electrons. The summed E-state index contributed by atoms with van der Waals surface area (Å²) in [4.78, 5) is 2.45. The van der Waals surface area contributed by atoms with E-state index in [1.165, 1.54) is 76.8 Å². The van der Waals surface area contributed by atoms with Crippen molar-refractivity contribution in [3.05, 3.63) is 271 Å². The second-order valence-electron chi connectivity index (χ2n) is 18.7. The summed E-state index contributed by atoms with van der Waals surface area (Å²) in [5, 5.41) is 9.86. The van der Waals surface area contributed by atoms with Gasteiger partial charge in [0.25, 0.3) is 0 Å². The highest BCUT2D eigenvalue weighted by Gasteiger charge is 2.51. The maximum Gasteiger partial charge on any atom is 0.143 e. The van der Waals surface area contributed by atoms with Crippen molar-refractivity contribution in [2.45, 2.75) is 5.41 Å². The van der Waals surface area contributed by atoms with Gasteiger partial charge >= 0.3 is 0 Å². The van der Waals surface area contributed by atoms with E-state index < -0.39 is 5.41 Å². The molecular weight excluding hydrogens is 835 g/mol. The Morgan fingerprint density at radius 3 is 1.32 bits per heavy atom. The maximum atomic E-state index is 6.41. The van der Waals surface area contributed by atoms with E-state index in [1.807, 2.05) is 12.1 Å². The van der Waals surface area contributed by atoms with E-state index in [2.05, 4.69) is 241 Å². The lowest BCUT2D eigenvalue weighted by Gasteiger charge is -2.31. The fraction of sp³-hybridized carbons (Fsp3) is 0.0149. The van der Waals surface area contributed by atoms with Crippen molar-refractivity contribution >= 4 is 71.3 Å². The Morgan fingerprint density at radius 1 is 0.261 bits per heavy atom. The summed E-state index contributed by atoms with van der Waals surface area (Å²) in [6.07, 6.45) is 0. The topological polar surface area (TPSA) is 16.4 Å². The van der Waals surface area contributed by atoms with E-state index in [-0.39, 0.29) is 0 Å². The second kappa shape index (κ2) is 14.5. The lowest BCUT2D eigenvalue weighted by Crippen LogP contribution is -2.25. The largest absolute Gasteiger partial charge is 0.455 e. The van der Waals surface area contributed by atoms with Crippen molar-refractivity contribution < 1.29 is 4.42 Å². The third-order valence-corrected chi connectivity index (χ3v) is 15.3. The van der Waals surface area contributed by atoms with Gasteiger partial charge in [-0.15, -0.1) is 0 Å². The fourth-order valence-electron chi connectivity index (χ4n) is 12.3. The van der Waals surface area contributed by atoms with Gasteiger partial charge in [-0.2, -0.15) is 0 Å². The van der Waals surface area contributed by atoms with E-state index in [9.17, 15) is 0 Å². The predicted molar refractivity (Wildman–Crippen MR) is 288 cm³/mol. The molecule has 1 heterocycles. The second-order valence-corrected chi connectivity index (χ2v) is 18.7. The molecule has 0 atom stereocenters. The lowest BCUT2D eigenvalue weighted by molar-refractivity contribution is 0.670. The van der Waals surface area contributed by atoms with Crippen LogP contribution in [-0.4, -0.2) is 0 Å². The Kier molecular flexibility index (Phi) is 8.02. The molecule has 69 heavy (non-hydrogen) atoms. The molecule has 15 rings (SSSR count). The standard InChI is InChI=1S/C67H41NO/c1-2-16-51-49(14-1)50-15-3-4-17-52(50)59-40-46(36-38-53(51)59)68(45-34-32-43(33-35-45)42-28-30-44(31-29-42)48-22-13-23-58-57-21-8-12-27-65(57)69-66(48)58)47-37-39-64-60(41-47)56-20-7-11-26-63(56)67(64)61-24-9-5-18-54(61)55-19-6-10-25-62(55)67/h1-41H. The van der Waals surface area contributed by atoms with Gasteiger partial charge in [-0.3, -0.25) is 0 Å². The van der Waals surface area contributed by atoms with E-state index in [1.54, 1.807) is 0 Å². The van der Waals surface area contributed by atoms with Gasteiger partial charge in [0.2, 0.25) is 0 Å². The van der Waals surface area contributed by atoms with Crippen molar-refractivity contribution in [2.75, 3.05) is 4.90 Å². The number of anilines is 3. The minimum absolute atomic E-state index is 0.402. The molecule has 320 valence electrons. The zero-order valence-corrected chi connectivity index (χ0v) is 37.5. The highest BCUT2D eigenvalue weighted by atomic mass is 16.3. The Balaban J connectivity index is 0.891. The molecule has 12 aromatic carbocycles. The van der Waals surface area contributed by atoms with Crippen molar-refractivity contribution in [1.29, 1.82) is 0 Å². The van der Waals surface area contributed by atoms with Crippen LogP contribution in [0.4, 0.5) is 17.1 Å². The highest BCUT2D eigenvalue weighted by Crippen LogP contribution is 2.63. The van der Waals surface area contributed by atoms with Crippen molar-refractivity contribution in [2.24, 2.45) is 0 Å². The highest BCUT2D eigenvalue weighted by molar-refractivity contribution is 6.26. The summed E-state index contributed by atoms with van der Waals surface area (Å²) in [6.45, 7) is 0. The van der Waals surface area contributed by atoms with Gasteiger partial charge in [0, 0.05) is 33.4 Å². The van der Waals surface area contributed by atoms with Crippen LogP contribution in [0.5, 0.6) is 0 Å². The molecule has 2 aliphatic carbocycles. The summed E-state index contributed by atoms with van der Waals surface area (Å²) in [7, 11) is 0. The number of furan rings is 1. The number of fused-ring (bicyclic) bond motifs is 19. The first-order valence-corrected chi connectivity index (χ1v) is 23.9. The minimum Gasteiger partial charge on any atom is -0.455 e. The van der Waals surface area contributed by atoms with Crippen LogP contribution < -0.4 is 4.90 Å². The lowest BCUT2D eigenvalue weighted by atomic mass is 9.70. The van der Waals surface area contributed by atoms with Crippen molar-refractivity contribution in [1.82, 2.24) is 0 Å². The number of benzene rings is 12. The molecule has 0 N–H and O–H groups in total. The molecule has 1 aromatic heterocycles. The van der Waals surface area contributed by atoms with Crippen LogP contribution in [0.15, 0.2) is 253 Å². The first-order chi connectivity index (χ1) is 34.2. The summed E-state index contributed by atoms with van der Waals surface area (Å²) in [5.74, 6) is 0. The molecule has 0 saturated carbocycles. The predicted octanol–water partition coefficient (Wildman–Crippen LogP) is 18.2. The van der Waals surface area contributed by atoms with E-state index in [4.69, 9.17) is 4.42 Å². The molecule has 0 aliphatic heterocycles. The third kappa shape index (κ3) is 5.37. The molecule has 0 fully saturated rings. The number of hydrogen-bond acceptors (Lipinski definition) is 2. The normalized spacial score (nSPS) is 13.0. The van der Waals surface area contributed by atoms with Crippen LogP contribution in [0, 0.1) is 0 Å². The molecule has 0 saturated heterocycles. The van der Waals surface area contributed by atoms with Gasteiger partial charge in [-0.05, 0) is 136 Å². The molecule has 1 spiro atoms. The Morgan fingerprint density at radius 2 is 0.681 bits per heavy atom. The van der Waals surface area contributed by atoms with Crippen LogP contribution in [0.25, 0.3) is 98.8 Å². The van der Waals surface area contributed by atoms with Crippen molar-refractivity contribution in [3.63, 3.8) is 0 Å². The first kappa shape index (κ1) is 38.2. The fourth-order valence-corrected chi connectivity index (χ4v) is 12.3. The quantitative estimate of drug-likeness (QED) is 0.160. The maximum absolute atomic E-state index is 6.41. The molecule has 13 aromatic rings. The molecule has 2 nitrogen and oxygen atoms in total.